The van der Waals surface area contributed by atoms with Crippen LogP contribution in [0, 0.1) is 0 Å². The number of carbonyl (C=O) groups excluding carboxylic acids is 1. The number of hydrogen-bond acceptors (Lipinski definition) is 2. The Morgan fingerprint density at radius 3 is 2.47 bits per heavy atom. The highest BCUT2D eigenvalue weighted by Crippen LogP contribution is 2.31. The summed E-state index contributed by atoms with van der Waals surface area (Å²) in [5.74, 6) is 0.00473. The Morgan fingerprint density at radius 2 is 1.87 bits per heavy atom. The van der Waals surface area contributed by atoms with E-state index in [1.165, 1.54) is 0 Å². The molecule has 0 heterocycles. The molecule has 1 aromatic rings. The Labute approximate surface area is 89.2 Å². The van der Waals surface area contributed by atoms with Gasteiger partial charge in [0.1, 0.15) is 0 Å². The maximum atomic E-state index is 11.4. The van der Waals surface area contributed by atoms with Gasteiger partial charge in [0.05, 0.1) is 5.60 Å². The maximum absolute atomic E-state index is 11.4. The maximum Gasteiger partial charge on any atom is 0.158 e. The van der Waals surface area contributed by atoms with Crippen LogP contribution >= 0.6 is 0 Å². The Balaban J connectivity index is 2.35. The number of ketones is 1. The minimum atomic E-state index is -0.892. The monoisotopic (exact) mass is 202 g/mol. The van der Waals surface area contributed by atoms with Gasteiger partial charge >= 0.3 is 0 Å². The second-order valence-corrected chi connectivity index (χ2v) is 4.35. The van der Waals surface area contributed by atoms with E-state index in [0.29, 0.717) is 6.42 Å². The summed E-state index contributed by atoms with van der Waals surface area (Å²) in [7, 11) is 0. The highest BCUT2D eigenvalue weighted by Gasteiger charge is 2.29. The lowest BCUT2D eigenvalue weighted by molar-refractivity contribution is -0.119. The van der Waals surface area contributed by atoms with E-state index in [0.717, 1.165) is 11.1 Å². The van der Waals surface area contributed by atoms with Gasteiger partial charge in [-0.2, -0.15) is 0 Å². The van der Waals surface area contributed by atoms with Crippen LogP contribution in [-0.2, 0) is 4.79 Å². The Kier molecular flexibility index (Phi) is 2.45. The quantitative estimate of drug-likeness (QED) is 0.758. The van der Waals surface area contributed by atoms with Gasteiger partial charge in [-0.15, -0.1) is 0 Å². The van der Waals surface area contributed by atoms with Gasteiger partial charge in [0, 0.05) is 12.8 Å². The van der Waals surface area contributed by atoms with Crippen molar-refractivity contribution in [2.75, 3.05) is 0 Å². The summed E-state index contributed by atoms with van der Waals surface area (Å²) in [5.41, 5.74) is 1.06. The third kappa shape index (κ3) is 2.34. The molecule has 1 atom stereocenters. The van der Waals surface area contributed by atoms with Crippen molar-refractivity contribution < 1.29 is 9.90 Å². The Morgan fingerprint density at radius 1 is 1.20 bits per heavy atom. The molecule has 2 heteroatoms. The average molecular weight is 202 g/mol. The summed E-state index contributed by atoms with van der Waals surface area (Å²) in [6, 6.07) is 9.72. The lowest BCUT2D eigenvalue weighted by Gasteiger charge is -2.27. The second-order valence-electron chi connectivity index (χ2n) is 4.35. The second kappa shape index (κ2) is 3.63. The third-order valence-corrected chi connectivity index (χ3v) is 2.61. The first-order chi connectivity index (χ1) is 7.07. The predicted molar refractivity (Wildman–Crippen MR) is 59.3 cm³/mol. The molecular weight excluding hydrogens is 188 g/mol. The molecule has 1 aliphatic rings. The van der Waals surface area contributed by atoms with Gasteiger partial charge in [0.2, 0.25) is 0 Å². The van der Waals surface area contributed by atoms with Gasteiger partial charge in [-0.25, -0.2) is 0 Å². The largest absolute Gasteiger partial charge is 0.389 e. The number of hydrogen-bond donors (Lipinski definition) is 1. The number of benzene rings is 1. The lowest BCUT2D eigenvalue weighted by atomic mass is 9.83. The normalized spacial score (nSPS) is 26.3. The van der Waals surface area contributed by atoms with Crippen molar-refractivity contribution in [1.82, 2.24) is 0 Å². The summed E-state index contributed by atoms with van der Waals surface area (Å²) in [6.07, 6.45) is 2.42. The molecule has 0 radical (unpaired) electrons. The van der Waals surface area contributed by atoms with Gasteiger partial charge in [-0.1, -0.05) is 30.3 Å². The van der Waals surface area contributed by atoms with E-state index in [9.17, 15) is 9.90 Å². The third-order valence-electron chi connectivity index (χ3n) is 2.61. The van der Waals surface area contributed by atoms with Gasteiger partial charge in [0.15, 0.2) is 5.78 Å². The molecule has 0 fully saturated rings. The molecule has 0 bridgehead atoms. The number of carbonyl (C=O) groups is 1. The fourth-order valence-electron chi connectivity index (χ4n) is 1.98. The van der Waals surface area contributed by atoms with Crippen LogP contribution in [0.3, 0.4) is 0 Å². The highest BCUT2D eigenvalue weighted by atomic mass is 16.3. The van der Waals surface area contributed by atoms with Crippen LogP contribution in [0.2, 0.25) is 0 Å². The Hall–Kier alpha value is -1.41. The molecule has 0 unspecified atom stereocenters. The van der Waals surface area contributed by atoms with Crippen molar-refractivity contribution in [3.63, 3.8) is 0 Å². The van der Waals surface area contributed by atoms with Crippen molar-refractivity contribution in [3.05, 3.63) is 42.0 Å². The summed E-state index contributed by atoms with van der Waals surface area (Å²) in [4.78, 5) is 11.4. The molecule has 1 aromatic carbocycles. The molecule has 15 heavy (non-hydrogen) atoms. The first-order valence-corrected chi connectivity index (χ1v) is 5.08. The molecule has 0 spiro atoms. The van der Waals surface area contributed by atoms with E-state index >= 15 is 0 Å². The van der Waals surface area contributed by atoms with Crippen LogP contribution in [0.1, 0.15) is 25.3 Å². The van der Waals surface area contributed by atoms with Gasteiger partial charge < -0.3 is 5.11 Å². The van der Waals surface area contributed by atoms with E-state index in [1.54, 1.807) is 13.0 Å². The molecule has 1 aliphatic carbocycles. The molecule has 0 aromatic heterocycles. The standard InChI is InChI=1S/C13H14O2/c1-13(15)8-11(7-12(14)9-13)10-5-3-2-4-6-10/h2-7,15H,8-9H2,1H3/t13-/m1/s1. The highest BCUT2D eigenvalue weighted by molar-refractivity contribution is 5.99. The van der Waals surface area contributed by atoms with E-state index in [1.807, 2.05) is 30.3 Å². The summed E-state index contributed by atoms with van der Waals surface area (Å²) >= 11 is 0. The molecule has 2 nitrogen and oxygen atoms in total. The van der Waals surface area contributed by atoms with Crippen molar-refractivity contribution in [2.45, 2.75) is 25.4 Å². The first-order valence-electron chi connectivity index (χ1n) is 5.08. The van der Waals surface area contributed by atoms with Gasteiger partial charge in [-0.3, -0.25) is 4.79 Å². The lowest BCUT2D eigenvalue weighted by Crippen LogP contribution is -2.30. The number of allylic oxidation sites excluding steroid dienone is 1. The van der Waals surface area contributed by atoms with Crippen LogP contribution in [0.5, 0.6) is 0 Å². The molecule has 0 amide bonds. The molecule has 0 saturated heterocycles. The van der Waals surface area contributed by atoms with E-state index in [2.05, 4.69) is 0 Å². The zero-order valence-electron chi connectivity index (χ0n) is 8.73. The molecule has 0 aliphatic heterocycles. The molecular formula is C13H14O2. The van der Waals surface area contributed by atoms with Crippen molar-refractivity contribution in [3.8, 4) is 0 Å². The first kappa shape index (κ1) is 10.1. The molecule has 1 N–H and O–H groups in total. The minimum Gasteiger partial charge on any atom is -0.389 e. The fraction of sp³-hybridized carbons (Fsp3) is 0.308. The van der Waals surface area contributed by atoms with E-state index in [-0.39, 0.29) is 12.2 Å². The van der Waals surface area contributed by atoms with Gasteiger partial charge in [-0.05, 0) is 24.1 Å². The zero-order valence-corrected chi connectivity index (χ0v) is 8.73. The topological polar surface area (TPSA) is 37.3 Å². The van der Waals surface area contributed by atoms with Gasteiger partial charge in [0.25, 0.3) is 0 Å². The van der Waals surface area contributed by atoms with Crippen molar-refractivity contribution in [2.24, 2.45) is 0 Å². The summed E-state index contributed by atoms with van der Waals surface area (Å²) < 4.78 is 0. The predicted octanol–water partition coefficient (Wildman–Crippen LogP) is 2.18. The molecule has 2 rings (SSSR count). The van der Waals surface area contributed by atoms with E-state index < -0.39 is 5.60 Å². The van der Waals surface area contributed by atoms with E-state index in [4.69, 9.17) is 0 Å². The average Bonchev–Trinajstić information content (AvgIpc) is 2.16. The number of aliphatic hydroxyl groups is 1. The molecule has 78 valence electrons. The van der Waals surface area contributed by atoms with Crippen LogP contribution < -0.4 is 0 Å². The summed E-state index contributed by atoms with van der Waals surface area (Å²) in [5, 5.41) is 9.91. The Bertz CT molecular complexity index is 402. The van der Waals surface area contributed by atoms with Crippen LogP contribution in [0.25, 0.3) is 5.57 Å². The number of rotatable bonds is 1. The van der Waals surface area contributed by atoms with Crippen molar-refractivity contribution in [1.29, 1.82) is 0 Å². The van der Waals surface area contributed by atoms with Crippen LogP contribution in [-0.4, -0.2) is 16.5 Å². The SMILES string of the molecule is C[C@]1(O)CC(=O)C=C(c2ccccc2)C1. The smallest absolute Gasteiger partial charge is 0.158 e. The zero-order chi connectivity index (χ0) is 10.9. The minimum absolute atomic E-state index is 0.00473. The van der Waals surface area contributed by atoms with Crippen LogP contribution in [0.4, 0.5) is 0 Å². The molecule has 0 saturated carbocycles. The summed E-state index contributed by atoms with van der Waals surface area (Å²) in [6.45, 7) is 1.71. The fourth-order valence-corrected chi connectivity index (χ4v) is 1.98. The van der Waals surface area contributed by atoms with Crippen LogP contribution in [0.15, 0.2) is 36.4 Å². The van der Waals surface area contributed by atoms with Crippen molar-refractivity contribution >= 4 is 11.4 Å².